The van der Waals surface area contributed by atoms with Gasteiger partial charge in [-0.1, -0.05) is 11.8 Å². The Labute approximate surface area is 161 Å². The average Bonchev–Trinajstić information content (AvgIpc) is 3.11. The van der Waals surface area contributed by atoms with Crippen molar-refractivity contribution in [1.29, 1.82) is 0 Å². The summed E-state index contributed by atoms with van der Waals surface area (Å²) < 4.78 is 40.4. The minimum absolute atomic E-state index is 0.0299. The fourth-order valence-corrected chi connectivity index (χ4v) is 6.21. The average molecular weight is 412 g/mol. The Morgan fingerprint density at radius 3 is 2.85 bits per heavy atom. The zero-order valence-corrected chi connectivity index (χ0v) is 16.4. The van der Waals surface area contributed by atoms with Crippen molar-refractivity contribution in [2.45, 2.75) is 19.0 Å². The lowest BCUT2D eigenvalue weighted by Gasteiger charge is -2.28. The summed E-state index contributed by atoms with van der Waals surface area (Å²) in [4.78, 5) is 18.2. The van der Waals surface area contributed by atoms with Crippen molar-refractivity contribution >= 4 is 38.4 Å². The van der Waals surface area contributed by atoms with Crippen LogP contribution in [0.1, 0.15) is 6.92 Å². The third-order valence-corrected chi connectivity index (χ3v) is 7.18. The van der Waals surface area contributed by atoms with Gasteiger partial charge in [-0.25, -0.2) is 8.42 Å². The van der Waals surface area contributed by atoms with Crippen LogP contribution in [0.15, 0.2) is 23.2 Å². The summed E-state index contributed by atoms with van der Waals surface area (Å²) in [7, 11) is -3.13. The number of anilines is 1. The van der Waals surface area contributed by atoms with E-state index in [9.17, 15) is 13.2 Å². The summed E-state index contributed by atoms with van der Waals surface area (Å²) in [6, 6.07) is 4.91. The van der Waals surface area contributed by atoms with E-state index in [2.05, 4.69) is 4.99 Å². The number of benzene rings is 1. The normalized spacial score (nSPS) is 25.1. The standard InChI is InChI=1S/C17H20N2O6S2/c1-2-23-16(20)8-26-17-18-12-9-27(21,22)10-13(12)19(17)11-3-4-14-15(7-11)25-6-5-24-14/h3-4,7,12-13H,2,5-6,8-10H2,1H3/t12-,13-/m1/s1. The predicted octanol–water partition coefficient (Wildman–Crippen LogP) is 1.10. The number of carbonyl (C=O) groups excluding carboxylic acids is 1. The summed E-state index contributed by atoms with van der Waals surface area (Å²) >= 11 is 1.26. The zero-order chi connectivity index (χ0) is 19.0. The van der Waals surface area contributed by atoms with Crippen LogP contribution < -0.4 is 14.4 Å². The maximum Gasteiger partial charge on any atom is 0.316 e. The molecule has 0 aromatic heterocycles. The number of thioether (sulfide) groups is 1. The number of amidine groups is 1. The first-order valence-electron chi connectivity index (χ1n) is 8.72. The van der Waals surface area contributed by atoms with Crippen LogP contribution in [-0.4, -0.2) is 68.7 Å². The Bertz CT molecular complexity index is 885. The van der Waals surface area contributed by atoms with Gasteiger partial charge in [-0.3, -0.25) is 9.79 Å². The highest BCUT2D eigenvalue weighted by Gasteiger charge is 2.47. The molecule has 0 aliphatic carbocycles. The van der Waals surface area contributed by atoms with Gasteiger partial charge in [-0.15, -0.1) is 0 Å². The third-order valence-electron chi connectivity index (χ3n) is 4.54. The van der Waals surface area contributed by atoms with Crippen LogP contribution in [0, 0.1) is 0 Å². The highest BCUT2D eigenvalue weighted by atomic mass is 32.2. The molecule has 2 atom stereocenters. The first-order valence-corrected chi connectivity index (χ1v) is 11.5. The second-order valence-electron chi connectivity index (χ2n) is 6.41. The Morgan fingerprint density at radius 1 is 1.30 bits per heavy atom. The van der Waals surface area contributed by atoms with E-state index in [0.717, 1.165) is 5.69 Å². The van der Waals surface area contributed by atoms with Crippen LogP contribution in [0.4, 0.5) is 5.69 Å². The van der Waals surface area contributed by atoms with Crippen molar-refractivity contribution in [2.24, 2.45) is 4.99 Å². The topological polar surface area (TPSA) is 94.5 Å². The van der Waals surface area contributed by atoms with Gasteiger partial charge in [-0.2, -0.15) is 0 Å². The van der Waals surface area contributed by atoms with Gasteiger partial charge in [-0.05, 0) is 19.1 Å². The molecule has 0 spiro atoms. The number of sulfone groups is 1. The zero-order valence-electron chi connectivity index (χ0n) is 14.8. The first-order chi connectivity index (χ1) is 13.0. The van der Waals surface area contributed by atoms with Gasteiger partial charge < -0.3 is 19.1 Å². The minimum atomic E-state index is -3.13. The van der Waals surface area contributed by atoms with E-state index in [1.165, 1.54) is 11.8 Å². The van der Waals surface area contributed by atoms with Gasteiger partial charge in [0.25, 0.3) is 0 Å². The van der Waals surface area contributed by atoms with Gasteiger partial charge in [0.15, 0.2) is 26.5 Å². The number of rotatable bonds is 4. The van der Waals surface area contributed by atoms with Crippen LogP contribution in [0.5, 0.6) is 11.5 Å². The molecule has 0 saturated carbocycles. The highest BCUT2D eigenvalue weighted by Crippen LogP contribution is 2.39. The summed E-state index contributed by atoms with van der Waals surface area (Å²) in [5.41, 5.74) is 0.777. The van der Waals surface area contributed by atoms with Crippen molar-refractivity contribution in [2.75, 3.05) is 42.0 Å². The van der Waals surface area contributed by atoms with Crippen molar-refractivity contribution < 1.29 is 27.4 Å². The van der Waals surface area contributed by atoms with Gasteiger partial charge >= 0.3 is 5.97 Å². The number of hydrogen-bond acceptors (Lipinski definition) is 9. The molecule has 0 radical (unpaired) electrons. The Balaban J connectivity index is 1.62. The van der Waals surface area contributed by atoms with Crippen LogP contribution in [0.25, 0.3) is 0 Å². The van der Waals surface area contributed by atoms with Crippen LogP contribution in [0.2, 0.25) is 0 Å². The van der Waals surface area contributed by atoms with Crippen LogP contribution in [0.3, 0.4) is 0 Å². The molecule has 8 nitrogen and oxygen atoms in total. The molecule has 3 aliphatic rings. The number of aliphatic imine (C=N–C) groups is 1. The van der Waals surface area contributed by atoms with E-state index >= 15 is 0 Å². The van der Waals surface area contributed by atoms with E-state index in [4.69, 9.17) is 14.2 Å². The Kier molecular flexibility index (Phi) is 4.94. The number of nitrogens with zero attached hydrogens (tertiary/aromatic N) is 2. The second-order valence-corrected chi connectivity index (χ2v) is 9.51. The number of esters is 1. The minimum Gasteiger partial charge on any atom is -0.486 e. The van der Waals surface area contributed by atoms with Crippen molar-refractivity contribution in [1.82, 2.24) is 0 Å². The largest absolute Gasteiger partial charge is 0.486 e. The predicted molar refractivity (Wildman–Crippen MR) is 103 cm³/mol. The molecule has 1 aromatic carbocycles. The molecule has 0 amide bonds. The first kappa shape index (κ1) is 18.4. The fourth-order valence-electron chi connectivity index (χ4n) is 3.44. The molecule has 0 N–H and O–H groups in total. The molecule has 1 fully saturated rings. The Morgan fingerprint density at radius 2 is 2.07 bits per heavy atom. The van der Waals surface area contributed by atoms with Gasteiger partial charge in [0.05, 0.1) is 35.9 Å². The number of fused-ring (bicyclic) bond motifs is 2. The molecule has 146 valence electrons. The van der Waals surface area contributed by atoms with E-state index in [1.807, 2.05) is 23.1 Å². The Hall–Kier alpha value is -1.94. The molecular formula is C17H20N2O6S2. The second kappa shape index (κ2) is 7.23. The SMILES string of the molecule is CCOC(=O)CSC1=N[C@@H]2CS(=O)(=O)C[C@H]2N1c1ccc2c(c1)OCCO2. The highest BCUT2D eigenvalue weighted by molar-refractivity contribution is 8.14. The van der Waals surface area contributed by atoms with Gasteiger partial charge in [0.1, 0.15) is 13.2 Å². The smallest absolute Gasteiger partial charge is 0.316 e. The van der Waals surface area contributed by atoms with E-state index < -0.39 is 9.84 Å². The van der Waals surface area contributed by atoms with Crippen molar-refractivity contribution in [3.05, 3.63) is 18.2 Å². The van der Waals surface area contributed by atoms with Crippen molar-refractivity contribution in [3.8, 4) is 11.5 Å². The number of hydrogen-bond donors (Lipinski definition) is 0. The van der Waals surface area contributed by atoms with E-state index in [-0.39, 0.29) is 35.3 Å². The third kappa shape index (κ3) is 3.73. The lowest BCUT2D eigenvalue weighted by Crippen LogP contribution is -2.39. The summed E-state index contributed by atoms with van der Waals surface area (Å²) in [5, 5.41) is 0.629. The molecule has 3 aliphatic heterocycles. The summed E-state index contributed by atoms with van der Waals surface area (Å²) in [6.45, 7) is 3.05. The fraction of sp³-hybridized carbons (Fsp3) is 0.529. The van der Waals surface area contributed by atoms with Crippen molar-refractivity contribution in [3.63, 3.8) is 0 Å². The van der Waals surface area contributed by atoms with E-state index in [0.29, 0.717) is 36.5 Å². The van der Waals surface area contributed by atoms with Gasteiger partial charge in [0, 0.05) is 11.8 Å². The quantitative estimate of drug-likeness (QED) is 0.679. The monoisotopic (exact) mass is 412 g/mol. The molecule has 0 unspecified atom stereocenters. The summed E-state index contributed by atoms with van der Waals surface area (Å²) in [6.07, 6.45) is 0. The number of carbonyl (C=O) groups is 1. The van der Waals surface area contributed by atoms with Crippen LogP contribution >= 0.6 is 11.8 Å². The molecule has 27 heavy (non-hydrogen) atoms. The summed E-state index contributed by atoms with van der Waals surface area (Å²) in [5.74, 6) is 1.16. The molecular weight excluding hydrogens is 392 g/mol. The maximum atomic E-state index is 12.1. The molecule has 10 heteroatoms. The molecule has 1 saturated heterocycles. The van der Waals surface area contributed by atoms with E-state index in [1.54, 1.807) is 6.92 Å². The molecule has 3 heterocycles. The molecule has 1 aromatic rings. The lowest BCUT2D eigenvalue weighted by atomic mass is 10.1. The lowest BCUT2D eigenvalue weighted by molar-refractivity contribution is -0.139. The molecule has 4 rings (SSSR count). The maximum absolute atomic E-state index is 12.1. The number of ether oxygens (including phenoxy) is 3. The molecule has 0 bridgehead atoms. The van der Waals surface area contributed by atoms with Gasteiger partial charge in [0.2, 0.25) is 0 Å². The van der Waals surface area contributed by atoms with Crippen LogP contribution in [-0.2, 0) is 19.4 Å².